The molecule has 2 amide bonds. The second-order valence-electron chi connectivity index (χ2n) is 5.25. The molecule has 4 N–H and O–H groups in total. The molecule has 0 heterocycles. The van der Waals surface area contributed by atoms with E-state index in [1.54, 1.807) is 48.5 Å². The molecule has 0 fully saturated rings. The van der Waals surface area contributed by atoms with Crippen LogP contribution in [0.3, 0.4) is 0 Å². The minimum absolute atomic E-state index is 0.179. The van der Waals surface area contributed by atoms with Gasteiger partial charge in [-0.15, -0.1) is 0 Å². The van der Waals surface area contributed by atoms with Gasteiger partial charge < -0.3 is 15.4 Å². The summed E-state index contributed by atoms with van der Waals surface area (Å²) in [6.07, 6.45) is 0. The molecule has 2 aromatic rings. The normalized spacial score (nSPS) is 9.85. The van der Waals surface area contributed by atoms with E-state index in [2.05, 4.69) is 21.5 Å². The number of carbonyl (C=O) groups is 2. The fourth-order valence-corrected chi connectivity index (χ4v) is 2.45. The summed E-state index contributed by atoms with van der Waals surface area (Å²) in [4.78, 5) is 24.1. The molecule has 0 aromatic heterocycles. The van der Waals surface area contributed by atoms with Gasteiger partial charge in [-0.25, -0.2) is 0 Å². The van der Waals surface area contributed by atoms with Crippen LogP contribution in [0.4, 0.5) is 5.69 Å². The number of halogens is 1. The summed E-state index contributed by atoms with van der Waals surface area (Å²) < 4.78 is 5.40. The van der Waals surface area contributed by atoms with E-state index in [9.17, 15) is 9.59 Å². The molecule has 142 valence electrons. The number of hydrazine groups is 1. The monoisotopic (exact) mass is 406 g/mol. The van der Waals surface area contributed by atoms with Gasteiger partial charge in [0.25, 0.3) is 11.8 Å². The van der Waals surface area contributed by atoms with Gasteiger partial charge in [0.15, 0.2) is 5.11 Å². The number of amides is 2. The van der Waals surface area contributed by atoms with Gasteiger partial charge in [-0.3, -0.25) is 20.4 Å². The highest BCUT2D eigenvalue weighted by atomic mass is 35.5. The largest absolute Gasteiger partial charge is 0.493 e. The number of anilines is 1. The Kier molecular flexibility index (Phi) is 7.84. The Morgan fingerprint density at radius 3 is 2.63 bits per heavy atom. The summed E-state index contributed by atoms with van der Waals surface area (Å²) in [5.41, 5.74) is 5.98. The van der Waals surface area contributed by atoms with Gasteiger partial charge in [0, 0.05) is 10.7 Å². The first-order valence-electron chi connectivity index (χ1n) is 8.11. The predicted octanol–water partition coefficient (Wildman–Crippen LogP) is 2.49. The van der Waals surface area contributed by atoms with Gasteiger partial charge in [-0.05, 0) is 49.5 Å². The number of para-hydroxylation sites is 1. The van der Waals surface area contributed by atoms with Crippen molar-refractivity contribution in [3.63, 3.8) is 0 Å². The highest BCUT2D eigenvalue weighted by Crippen LogP contribution is 2.17. The van der Waals surface area contributed by atoms with Crippen LogP contribution in [0.2, 0.25) is 5.02 Å². The predicted molar refractivity (Wildman–Crippen MR) is 109 cm³/mol. The van der Waals surface area contributed by atoms with Crippen molar-refractivity contribution in [1.82, 2.24) is 16.2 Å². The first-order valence-corrected chi connectivity index (χ1v) is 8.89. The minimum Gasteiger partial charge on any atom is -0.493 e. The maximum absolute atomic E-state index is 12.2. The van der Waals surface area contributed by atoms with E-state index in [4.69, 9.17) is 28.6 Å². The van der Waals surface area contributed by atoms with Gasteiger partial charge >= 0.3 is 0 Å². The van der Waals surface area contributed by atoms with E-state index in [0.29, 0.717) is 28.6 Å². The fourth-order valence-electron chi connectivity index (χ4n) is 2.09. The molecule has 0 saturated carbocycles. The molecule has 0 unspecified atom stereocenters. The standard InChI is InChI=1S/C18H19ClN4O3S/c1-2-26-15-9-4-3-8-14(15)17(25)20-11-16(24)22-23-18(27)21-13-7-5-6-12(19)10-13/h3-10H,2,11H2,1H3,(H,20,25)(H,22,24)(H2,21,23,27). The lowest BCUT2D eigenvalue weighted by Gasteiger charge is -2.13. The second kappa shape index (κ2) is 10.3. The summed E-state index contributed by atoms with van der Waals surface area (Å²) >= 11 is 11.0. The topological polar surface area (TPSA) is 91.5 Å². The number of nitrogens with one attached hydrogen (secondary N) is 4. The average Bonchev–Trinajstić information content (AvgIpc) is 2.65. The molecule has 0 spiro atoms. The van der Waals surface area contributed by atoms with Crippen molar-refractivity contribution in [3.8, 4) is 5.75 Å². The van der Waals surface area contributed by atoms with Crippen molar-refractivity contribution in [2.45, 2.75) is 6.92 Å². The maximum atomic E-state index is 12.2. The van der Waals surface area contributed by atoms with Gasteiger partial charge in [-0.2, -0.15) is 0 Å². The van der Waals surface area contributed by atoms with E-state index in [1.165, 1.54) is 0 Å². The molecule has 0 atom stereocenters. The molecule has 9 heteroatoms. The second-order valence-corrected chi connectivity index (χ2v) is 6.09. The molecule has 0 saturated heterocycles. The first kappa shape index (κ1) is 20.5. The highest BCUT2D eigenvalue weighted by molar-refractivity contribution is 7.80. The SMILES string of the molecule is CCOc1ccccc1C(=O)NCC(=O)NNC(=S)Nc1cccc(Cl)c1. The van der Waals surface area contributed by atoms with Crippen LogP contribution in [0.15, 0.2) is 48.5 Å². The zero-order chi connectivity index (χ0) is 19.6. The third-order valence-corrected chi connectivity index (χ3v) is 3.68. The Labute approximate surface area is 167 Å². The van der Waals surface area contributed by atoms with E-state index in [0.717, 1.165) is 0 Å². The number of hydrogen-bond donors (Lipinski definition) is 4. The van der Waals surface area contributed by atoms with Crippen LogP contribution >= 0.6 is 23.8 Å². The first-order chi connectivity index (χ1) is 13.0. The van der Waals surface area contributed by atoms with Crippen molar-refractivity contribution < 1.29 is 14.3 Å². The smallest absolute Gasteiger partial charge is 0.257 e. The van der Waals surface area contributed by atoms with Crippen molar-refractivity contribution >= 4 is 46.4 Å². The number of carbonyl (C=O) groups excluding carboxylic acids is 2. The van der Waals surface area contributed by atoms with E-state index < -0.39 is 11.8 Å². The van der Waals surface area contributed by atoms with Crippen LogP contribution in [0.25, 0.3) is 0 Å². The van der Waals surface area contributed by atoms with E-state index >= 15 is 0 Å². The average molecular weight is 407 g/mol. The number of hydrogen-bond acceptors (Lipinski definition) is 4. The summed E-state index contributed by atoms with van der Waals surface area (Å²) in [6.45, 7) is 2.03. The lowest BCUT2D eigenvalue weighted by Crippen LogP contribution is -2.47. The molecule has 2 rings (SSSR count). The van der Waals surface area contributed by atoms with Crippen molar-refractivity contribution in [3.05, 3.63) is 59.1 Å². The van der Waals surface area contributed by atoms with Crippen molar-refractivity contribution in [2.24, 2.45) is 0 Å². The Hall–Kier alpha value is -2.84. The molecule has 7 nitrogen and oxygen atoms in total. The van der Waals surface area contributed by atoms with Crippen LogP contribution in [0.1, 0.15) is 17.3 Å². The van der Waals surface area contributed by atoms with E-state index in [-0.39, 0.29) is 11.7 Å². The van der Waals surface area contributed by atoms with Gasteiger partial charge in [-0.1, -0.05) is 29.8 Å². The van der Waals surface area contributed by atoms with Crippen LogP contribution < -0.4 is 26.2 Å². The van der Waals surface area contributed by atoms with Gasteiger partial charge in [0.2, 0.25) is 0 Å². The molecule has 0 aliphatic heterocycles. The molecular formula is C18H19ClN4O3S. The molecule has 0 radical (unpaired) electrons. The number of benzene rings is 2. The van der Waals surface area contributed by atoms with Crippen molar-refractivity contribution in [2.75, 3.05) is 18.5 Å². The lowest BCUT2D eigenvalue weighted by molar-refractivity contribution is -0.120. The van der Waals surface area contributed by atoms with Crippen LogP contribution in [0.5, 0.6) is 5.75 Å². The summed E-state index contributed by atoms with van der Waals surface area (Å²) in [5, 5.41) is 6.13. The zero-order valence-electron chi connectivity index (χ0n) is 14.5. The van der Waals surface area contributed by atoms with Crippen LogP contribution in [-0.2, 0) is 4.79 Å². The number of rotatable bonds is 6. The molecule has 27 heavy (non-hydrogen) atoms. The highest BCUT2D eigenvalue weighted by Gasteiger charge is 2.13. The molecular weight excluding hydrogens is 388 g/mol. The number of thiocarbonyl (C=S) groups is 1. The fraction of sp³-hybridized carbons (Fsp3) is 0.167. The maximum Gasteiger partial charge on any atom is 0.257 e. The zero-order valence-corrected chi connectivity index (χ0v) is 16.1. The third-order valence-electron chi connectivity index (χ3n) is 3.24. The summed E-state index contributed by atoms with van der Waals surface area (Å²) in [6, 6.07) is 13.8. The van der Waals surface area contributed by atoms with E-state index in [1.807, 2.05) is 6.92 Å². The molecule has 0 aliphatic rings. The Bertz CT molecular complexity index is 832. The summed E-state index contributed by atoms with van der Waals surface area (Å²) in [5.74, 6) is -0.413. The van der Waals surface area contributed by atoms with Gasteiger partial charge in [0.05, 0.1) is 18.7 Å². The van der Waals surface area contributed by atoms with Crippen LogP contribution in [-0.4, -0.2) is 30.1 Å². The Morgan fingerprint density at radius 1 is 1.11 bits per heavy atom. The lowest BCUT2D eigenvalue weighted by atomic mass is 10.2. The van der Waals surface area contributed by atoms with Gasteiger partial charge in [0.1, 0.15) is 5.75 Å². The Morgan fingerprint density at radius 2 is 1.89 bits per heavy atom. The molecule has 0 bridgehead atoms. The quantitative estimate of drug-likeness (QED) is 0.435. The van der Waals surface area contributed by atoms with Crippen LogP contribution in [0, 0.1) is 0 Å². The minimum atomic E-state index is -0.465. The number of ether oxygens (including phenoxy) is 1. The molecule has 0 aliphatic carbocycles. The molecule has 2 aromatic carbocycles. The third kappa shape index (κ3) is 6.76. The summed E-state index contributed by atoms with van der Waals surface area (Å²) in [7, 11) is 0. The Balaban J connectivity index is 1.77. The van der Waals surface area contributed by atoms with Crippen molar-refractivity contribution in [1.29, 1.82) is 0 Å².